The van der Waals surface area contributed by atoms with Crippen LogP contribution in [0.25, 0.3) is 0 Å². The van der Waals surface area contributed by atoms with E-state index in [9.17, 15) is 5.11 Å². The van der Waals surface area contributed by atoms with E-state index in [1.165, 1.54) is 0 Å². The molecule has 0 saturated heterocycles. The van der Waals surface area contributed by atoms with Gasteiger partial charge in [0.25, 0.3) is 0 Å². The highest BCUT2D eigenvalue weighted by atomic mass is 16.3. The van der Waals surface area contributed by atoms with Gasteiger partial charge in [-0.3, -0.25) is 0 Å². The molecular formula is C11H17NO. The maximum atomic E-state index is 9.85. The lowest BCUT2D eigenvalue weighted by atomic mass is 9.97. The second kappa shape index (κ2) is 3.79. The molecule has 0 bridgehead atoms. The van der Waals surface area contributed by atoms with Gasteiger partial charge < -0.3 is 10.8 Å². The third-order valence-corrected chi connectivity index (χ3v) is 2.21. The van der Waals surface area contributed by atoms with Crippen molar-refractivity contribution in [2.75, 3.05) is 0 Å². The Balaban J connectivity index is 3.18. The number of phenols is 1. The Morgan fingerprint density at radius 3 is 2.15 bits per heavy atom. The Bertz CT molecular complexity index is 266. The minimum absolute atomic E-state index is 0.112. The Morgan fingerprint density at radius 2 is 1.69 bits per heavy atom. The number of benzene rings is 1. The van der Waals surface area contributed by atoms with Crippen LogP contribution in [0.4, 0.5) is 0 Å². The molecule has 1 rings (SSSR count). The molecule has 0 aromatic heterocycles. The molecule has 13 heavy (non-hydrogen) atoms. The molecule has 0 fully saturated rings. The number of para-hydroxylation sites is 1. The molecule has 0 aliphatic rings. The number of phenolic OH excluding ortho intramolecular Hbond substituents is 1. The van der Waals surface area contributed by atoms with Crippen LogP contribution in [0.15, 0.2) is 18.2 Å². The molecule has 0 radical (unpaired) electrons. The molecule has 0 saturated carbocycles. The van der Waals surface area contributed by atoms with Crippen LogP contribution in [0.3, 0.4) is 0 Å². The molecule has 1 aromatic rings. The molecule has 0 heterocycles. The fraction of sp³-hybridized carbons (Fsp3) is 0.455. The molecule has 2 heteroatoms. The van der Waals surface area contributed by atoms with Gasteiger partial charge in [0.2, 0.25) is 0 Å². The zero-order valence-corrected chi connectivity index (χ0v) is 8.41. The third kappa shape index (κ3) is 2.01. The van der Waals surface area contributed by atoms with Gasteiger partial charge in [-0.2, -0.15) is 0 Å². The molecule has 3 N–H and O–H groups in total. The second-order valence-electron chi connectivity index (χ2n) is 3.73. The first-order chi connectivity index (χ1) is 6.04. The zero-order chi connectivity index (χ0) is 10.0. The van der Waals surface area contributed by atoms with Gasteiger partial charge in [-0.05, 0) is 18.4 Å². The van der Waals surface area contributed by atoms with E-state index in [-0.39, 0.29) is 6.04 Å². The van der Waals surface area contributed by atoms with Crippen LogP contribution in [-0.4, -0.2) is 5.11 Å². The first kappa shape index (κ1) is 10.1. The van der Waals surface area contributed by atoms with Crippen molar-refractivity contribution >= 4 is 0 Å². The number of nitrogens with two attached hydrogens (primary N) is 1. The Hall–Kier alpha value is -1.02. The lowest BCUT2D eigenvalue weighted by Gasteiger charge is -2.14. The summed E-state index contributed by atoms with van der Waals surface area (Å²) in [5, 5.41) is 9.85. The minimum atomic E-state index is -0.112. The molecule has 1 unspecified atom stereocenters. The largest absolute Gasteiger partial charge is 0.507 e. The van der Waals surface area contributed by atoms with E-state index in [4.69, 9.17) is 5.73 Å². The van der Waals surface area contributed by atoms with Crippen LogP contribution in [0.1, 0.15) is 43.9 Å². The van der Waals surface area contributed by atoms with Crippen LogP contribution in [-0.2, 0) is 0 Å². The maximum absolute atomic E-state index is 9.85. The van der Waals surface area contributed by atoms with E-state index in [1.807, 2.05) is 25.1 Å². The van der Waals surface area contributed by atoms with Crippen molar-refractivity contribution in [3.63, 3.8) is 0 Å². The summed E-state index contributed by atoms with van der Waals surface area (Å²) in [6, 6.07) is 5.63. The first-order valence-electron chi connectivity index (χ1n) is 4.61. The topological polar surface area (TPSA) is 46.2 Å². The fourth-order valence-electron chi connectivity index (χ4n) is 1.41. The summed E-state index contributed by atoms with van der Waals surface area (Å²) in [6.45, 7) is 5.99. The molecule has 0 spiro atoms. The van der Waals surface area contributed by atoms with Crippen LogP contribution in [0.5, 0.6) is 5.75 Å². The van der Waals surface area contributed by atoms with E-state index in [2.05, 4.69) is 13.8 Å². The van der Waals surface area contributed by atoms with Crippen molar-refractivity contribution in [3.8, 4) is 5.75 Å². The van der Waals surface area contributed by atoms with E-state index >= 15 is 0 Å². The van der Waals surface area contributed by atoms with Crippen molar-refractivity contribution in [1.29, 1.82) is 0 Å². The smallest absolute Gasteiger partial charge is 0.123 e. The molecule has 1 aromatic carbocycles. The average molecular weight is 179 g/mol. The van der Waals surface area contributed by atoms with Crippen LogP contribution >= 0.6 is 0 Å². The summed E-state index contributed by atoms with van der Waals surface area (Å²) in [4.78, 5) is 0. The van der Waals surface area contributed by atoms with Gasteiger partial charge in [0.1, 0.15) is 5.75 Å². The van der Waals surface area contributed by atoms with Crippen molar-refractivity contribution in [2.24, 2.45) is 5.73 Å². The summed E-state index contributed by atoms with van der Waals surface area (Å²) < 4.78 is 0. The van der Waals surface area contributed by atoms with E-state index in [0.29, 0.717) is 11.7 Å². The normalized spacial score (nSPS) is 13.3. The fourth-order valence-corrected chi connectivity index (χ4v) is 1.41. The van der Waals surface area contributed by atoms with Gasteiger partial charge in [0.05, 0.1) is 0 Å². The Kier molecular flexibility index (Phi) is 2.94. The highest BCUT2D eigenvalue weighted by Gasteiger charge is 2.11. The molecule has 72 valence electrons. The van der Waals surface area contributed by atoms with Gasteiger partial charge in [-0.15, -0.1) is 0 Å². The van der Waals surface area contributed by atoms with Crippen molar-refractivity contribution < 1.29 is 5.11 Å². The third-order valence-electron chi connectivity index (χ3n) is 2.21. The monoisotopic (exact) mass is 179 g/mol. The summed E-state index contributed by atoms with van der Waals surface area (Å²) in [5.41, 5.74) is 7.52. The predicted octanol–water partition coefficient (Wildman–Crippen LogP) is 2.54. The summed E-state index contributed by atoms with van der Waals surface area (Å²) in [5.74, 6) is 0.686. The maximum Gasteiger partial charge on any atom is 0.123 e. The van der Waals surface area contributed by atoms with Gasteiger partial charge >= 0.3 is 0 Å². The lowest BCUT2D eigenvalue weighted by molar-refractivity contribution is 0.453. The quantitative estimate of drug-likeness (QED) is 0.732. The van der Waals surface area contributed by atoms with E-state index < -0.39 is 0 Å². The van der Waals surface area contributed by atoms with Crippen LogP contribution in [0.2, 0.25) is 0 Å². The molecule has 2 nitrogen and oxygen atoms in total. The predicted molar refractivity (Wildman–Crippen MR) is 54.8 cm³/mol. The van der Waals surface area contributed by atoms with Crippen molar-refractivity contribution in [3.05, 3.63) is 29.3 Å². The molecule has 1 atom stereocenters. The highest BCUT2D eigenvalue weighted by Crippen LogP contribution is 2.31. The Labute approximate surface area is 79.4 Å². The first-order valence-corrected chi connectivity index (χ1v) is 4.61. The summed E-state index contributed by atoms with van der Waals surface area (Å²) in [7, 11) is 0. The molecule has 0 aliphatic heterocycles. The van der Waals surface area contributed by atoms with Gasteiger partial charge in [0, 0.05) is 11.6 Å². The van der Waals surface area contributed by atoms with Crippen molar-refractivity contribution in [2.45, 2.75) is 32.7 Å². The lowest BCUT2D eigenvalue weighted by Crippen LogP contribution is -2.06. The van der Waals surface area contributed by atoms with Gasteiger partial charge in [0.15, 0.2) is 0 Å². The average Bonchev–Trinajstić information content (AvgIpc) is 2.03. The SMILES string of the molecule is CC(C)c1cccc(C(C)N)c1O. The van der Waals surface area contributed by atoms with Crippen LogP contribution in [0, 0.1) is 0 Å². The summed E-state index contributed by atoms with van der Waals surface area (Å²) in [6.07, 6.45) is 0. The molecule has 0 aliphatic carbocycles. The Morgan fingerprint density at radius 1 is 1.15 bits per heavy atom. The standard InChI is InChI=1S/C11H17NO/c1-7(2)9-5-4-6-10(8(3)12)11(9)13/h4-8,13H,12H2,1-3H3. The number of aromatic hydroxyl groups is 1. The number of rotatable bonds is 2. The number of hydrogen-bond acceptors (Lipinski definition) is 2. The molecular weight excluding hydrogens is 162 g/mol. The second-order valence-corrected chi connectivity index (χ2v) is 3.73. The van der Waals surface area contributed by atoms with E-state index in [1.54, 1.807) is 0 Å². The minimum Gasteiger partial charge on any atom is -0.507 e. The van der Waals surface area contributed by atoms with E-state index in [0.717, 1.165) is 11.1 Å². The van der Waals surface area contributed by atoms with Gasteiger partial charge in [-0.1, -0.05) is 32.0 Å². The number of hydrogen-bond donors (Lipinski definition) is 2. The highest BCUT2D eigenvalue weighted by molar-refractivity contribution is 5.43. The molecule has 0 amide bonds. The van der Waals surface area contributed by atoms with Crippen molar-refractivity contribution in [1.82, 2.24) is 0 Å². The zero-order valence-electron chi connectivity index (χ0n) is 8.41. The van der Waals surface area contributed by atoms with Gasteiger partial charge in [-0.25, -0.2) is 0 Å². The summed E-state index contributed by atoms with van der Waals surface area (Å²) >= 11 is 0. The van der Waals surface area contributed by atoms with Crippen LogP contribution < -0.4 is 5.73 Å².